The van der Waals surface area contributed by atoms with E-state index >= 15 is 0 Å². The van der Waals surface area contributed by atoms with Gasteiger partial charge in [-0.25, -0.2) is 14.2 Å². The molecule has 2 aromatic heterocycles. The molecule has 1 saturated heterocycles. The molecule has 10 heteroatoms. The number of H-pyrrole nitrogens is 1. The maximum Gasteiger partial charge on any atom is 0.260 e. The predicted molar refractivity (Wildman–Crippen MR) is 134 cm³/mol. The number of nitrogens with zero attached hydrogens (tertiary/aromatic N) is 5. The molecule has 0 spiro atoms. The van der Waals surface area contributed by atoms with Crippen molar-refractivity contribution in [3.63, 3.8) is 0 Å². The monoisotopic (exact) mass is 472 g/mol. The van der Waals surface area contributed by atoms with E-state index in [4.69, 9.17) is 23.0 Å². The van der Waals surface area contributed by atoms with Gasteiger partial charge in [0.25, 0.3) is 5.56 Å². The summed E-state index contributed by atoms with van der Waals surface area (Å²) in [5.41, 5.74) is 13.8. The first-order valence-electron chi connectivity index (χ1n) is 11.5. The molecule has 178 valence electrons. The summed E-state index contributed by atoms with van der Waals surface area (Å²) < 4.78 is 16.3. The number of nitrogens with one attached hydrogen (secondary N) is 1. The Kier molecular flexibility index (Phi) is 6.03. The molecule has 0 aliphatic carbocycles. The standard InChI is InChI=1S/C25H25FN8O/c1-29-21-5-3-16(13-19(21)26)23-22(15-2-4-20-17(12-15)14-34(32-20)11-8-27)24(35)31-25(30-23)33-9-6-18(28)7-10-33/h2-5,12-14,18H,6-11,27-28H2,(H,30,31,35). The average Bonchev–Trinajstić information content (AvgIpc) is 3.26. The first-order chi connectivity index (χ1) is 17.0. The van der Waals surface area contributed by atoms with E-state index in [1.165, 1.54) is 12.1 Å². The molecule has 1 aliphatic rings. The van der Waals surface area contributed by atoms with Crippen LogP contribution < -0.4 is 21.9 Å². The second-order valence-corrected chi connectivity index (χ2v) is 8.67. The van der Waals surface area contributed by atoms with Gasteiger partial charge < -0.3 is 16.4 Å². The van der Waals surface area contributed by atoms with Crippen LogP contribution in [0, 0.1) is 12.4 Å². The second kappa shape index (κ2) is 9.29. The molecule has 0 saturated carbocycles. The normalized spacial score (nSPS) is 14.4. The Hall–Kier alpha value is -4.07. The number of hydrogen-bond acceptors (Lipinski definition) is 6. The Bertz CT molecular complexity index is 1490. The van der Waals surface area contributed by atoms with Crippen molar-refractivity contribution in [1.82, 2.24) is 19.7 Å². The molecule has 5 rings (SSSR count). The number of aromatic nitrogens is 4. The highest BCUT2D eigenvalue weighted by molar-refractivity contribution is 5.88. The number of rotatable bonds is 5. The van der Waals surface area contributed by atoms with Gasteiger partial charge >= 0.3 is 0 Å². The molecule has 35 heavy (non-hydrogen) atoms. The Morgan fingerprint density at radius 3 is 2.66 bits per heavy atom. The van der Waals surface area contributed by atoms with Crippen LogP contribution in [0.2, 0.25) is 0 Å². The number of anilines is 1. The van der Waals surface area contributed by atoms with Crippen molar-refractivity contribution in [2.24, 2.45) is 11.5 Å². The van der Waals surface area contributed by atoms with Crippen LogP contribution in [-0.4, -0.2) is 45.4 Å². The lowest BCUT2D eigenvalue weighted by Crippen LogP contribution is -2.41. The fraction of sp³-hybridized carbons (Fsp3) is 0.280. The van der Waals surface area contributed by atoms with Gasteiger partial charge in [-0.3, -0.25) is 14.5 Å². The van der Waals surface area contributed by atoms with Crippen molar-refractivity contribution < 1.29 is 4.39 Å². The summed E-state index contributed by atoms with van der Waals surface area (Å²) >= 11 is 0. The summed E-state index contributed by atoms with van der Waals surface area (Å²) in [7, 11) is 0. The minimum atomic E-state index is -0.658. The predicted octanol–water partition coefficient (Wildman–Crippen LogP) is 3.03. The quantitative estimate of drug-likeness (QED) is 0.384. The fourth-order valence-electron chi connectivity index (χ4n) is 4.42. The molecule has 0 amide bonds. The third-order valence-electron chi connectivity index (χ3n) is 6.29. The van der Waals surface area contributed by atoms with Crippen LogP contribution >= 0.6 is 0 Å². The lowest BCUT2D eigenvalue weighted by atomic mass is 9.99. The zero-order valence-corrected chi connectivity index (χ0v) is 19.0. The Morgan fingerprint density at radius 1 is 1.17 bits per heavy atom. The van der Waals surface area contributed by atoms with Crippen LogP contribution in [-0.2, 0) is 6.54 Å². The van der Waals surface area contributed by atoms with Gasteiger partial charge in [-0.1, -0.05) is 18.2 Å². The number of aromatic amines is 1. The van der Waals surface area contributed by atoms with E-state index in [1.807, 2.05) is 23.2 Å². The van der Waals surface area contributed by atoms with Crippen molar-refractivity contribution in [3.8, 4) is 22.4 Å². The smallest absolute Gasteiger partial charge is 0.260 e. The number of nitrogens with two attached hydrogens (primary N) is 2. The Morgan fingerprint density at radius 2 is 1.94 bits per heavy atom. The van der Waals surface area contributed by atoms with Gasteiger partial charge in [0.1, 0.15) is 5.82 Å². The molecule has 1 aliphatic heterocycles. The van der Waals surface area contributed by atoms with E-state index in [9.17, 15) is 9.18 Å². The minimum absolute atomic E-state index is 0.0841. The summed E-state index contributed by atoms with van der Waals surface area (Å²) in [5, 5.41) is 5.34. The van der Waals surface area contributed by atoms with E-state index < -0.39 is 5.82 Å². The van der Waals surface area contributed by atoms with Gasteiger partial charge in [-0.2, -0.15) is 5.10 Å². The van der Waals surface area contributed by atoms with Crippen LogP contribution in [0.3, 0.4) is 0 Å². The molecular formula is C25H25FN8O. The summed E-state index contributed by atoms with van der Waals surface area (Å²) in [6.45, 7) is 9.52. The van der Waals surface area contributed by atoms with Gasteiger partial charge in [-0.05, 0) is 36.6 Å². The molecule has 3 heterocycles. The van der Waals surface area contributed by atoms with Crippen molar-refractivity contribution in [3.05, 3.63) is 70.2 Å². The van der Waals surface area contributed by atoms with Gasteiger partial charge in [0.2, 0.25) is 11.6 Å². The minimum Gasteiger partial charge on any atom is -0.342 e. The molecule has 5 N–H and O–H groups in total. The van der Waals surface area contributed by atoms with Crippen LogP contribution in [0.4, 0.5) is 16.0 Å². The summed E-state index contributed by atoms with van der Waals surface area (Å²) in [5.74, 6) is -0.235. The zero-order valence-electron chi connectivity index (χ0n) is 19.0. The van der Waals surface area contributed by atoms with Crippen molar-refractivity contribution in [2.75, 3.05) is 24.5 Å². The maximum atomic E-state index is 14.6. The highest BCUT2D eigenvalue weighted by Gasteiger charge is 2.22. The number of fused-ring (bicyclic) bond motifs is 1. The third kappa shape index (κ3) is 4.39. The van der Waals surface area contributed by atoms with Crippen molar-refractivity contribution in [1.29, 1.82) is 0 Å². The fourth-order valence-corrected chi connectivity index (χ4v) is 4.42. The maximum absolute atomic E-state index is 14.6. The van der Waals surface area contributed by atoms with Gasteiger partial charge in [0.15, 0.2) is 0 Å². The lowest BCUT2D eigenvalue weighted by Gasteiger charge is -2.30. The van der Waals surface area contributed by atoms with E-state index in [2.05, 4.69) is 14.9 Å². The first kappa shape index (κ1) is 22.7. The van der Waals surface area contributed by atoms with E-state index in [1.54, 1.807) is 16.8 Å². The van der Waals surface area contributed by atoms with Crippen LogP contribution in [0.15, 0.2) is 47.4 Å². The molecule has 1 fully saturated rings. The second-order valence-electron chi connectivity index (χ2n) is 8.67. The van der Waals surface area contributed by atoms with Crippen molar-refractivity contribution in [2.45, 2.75) is 25.4 Å². The zero-order chi connectivity index (χ0) is 24.5. The van der Waals surface area contributed by atoms with Gasteiger partial charge in [0, 0.05) is 42.8 Å². The molecule has 0 radical (unpaired) electrons. The first-order valence-corrected chi connectivity index (χ1v) is 11.5. The number of halogens is 1. The number of hydrogen-bond donors (Lipinski definition) is 3. The average molecular weight is 473 g/mol. The van der Waals surface area contributed by atoms with E-state index in [0.717, 1.165) is 23.7 Å². The SMILES string of the molecule is [C-]#[N+]c1ccc(-c2nc(N3CCC(N)CC3)[nH]c(=O)c2-c2ccc3nn(CCN)cc3c2)cc1F. The number of benzene rings is 2. The van der Waals surface area contributed by atoms with Crippen LogP contribution in [0.1, 0.15) is 12.8 Å². The van der Waals surface area contributed by atoms with E-state index in [-0.39, 0.29) is 17.3 Å². The van der Waals surface area contributed by atoms with Crippen molar-refractivity contribution >= 4 is 22.5 Å². The highest BCUT2D eigenvalue weighted by atomic mass is 19.1. The van der Waals surface area contributed by atoms with Crippen LogP contribution in [0.5, 0.6) is 0 Å². The summed E-state index contributed by atoms with van der Waals surface area (Å²) in [6.07, 6.45) is 3.46. The molecular weight excluding hydrogens is 447 g/mol. The van der Waals surface area contributed by atoms with Crippen LogP contribution in [0.25, 0.3) is 38.1 Å². The summed E-state index contributed by atoms with van der Waals surface area (Å²) in [6, 6.07) is 9.92. The van der Waals surface area contributed by atoms with Gasteiger partial charge in [0.05, 0.1) is 29.9 Å². The highest BCUT2D eigenvalue weighted by Crippen LogP contribution is 2.33. The molecule has 9 nitrogen and oxygen atoms in total. The molecule has 2 aromatic carbocycles. The lowest BCUT2D eigenvalue weighted by molar-refractivity contribution is 0.495. The number of piperidine rings is 1. The third-order valence-corrected chi connectivity index (χ3v) is 6.29. The van der Waals surface area contributed by atoms with E-state index in [0.29, 0.717) is 54.5 Å². The Balaban J connectivity index is 1.67. The largest absolute Gasteiger partial charge is 0.342 e. The van der Waals surface area contributed by atoms with Gasteiger partial charge in [-0.15, -0.1) is 0 Å². The molecule has 4 aromatic rings. The molecule has 0 unspecified atom stereocenters. The molecule has 0 bridgehead atoms. The topological polar surface area (TPSA) is 123 Å². The Labute approximate surface area is 201 Å². The molecule has 0 atom stereocenters. The summed E-state index contributed by atoms with van der Waals surface area (Å²) in [4.78, 5) is 26.4.